The number of fused-ring (bicyclic) bond motifs is 1. The van der Waals surface area contributed by atoms with Gasteiger partial charge in [0.25, 0.3) is 0 Å². The summed E-state index contributed by atoms with van der Waals surface area (Å²) in [5.41, 5.74) is 0.485. The molecule has 3 N–H and O–H groups in total. The van der Waals surface area contributed by atoms with E-state index in [0.29, 0.717) is 29.7 Å². The van der Waals surface area contributed by atoms with E-state index in [-0.39, 0.29) is 17.7 Å². The molecule has 0 amide bonds. The lowest BCUT2D eigenvalue weighted by atomic mass is 10.0. The van der Waals surface area contributed by atoms with Crippen LogP contribution in [0.25, 0.3) is 11.0 Å². The number of aromatic carboxylic acids is 1. The maximum atomic E-state index is 11.4. The molecule has 108 valence electrons. The third kappa shape index (κ3) is 3.00. The average molecular weight is 277 g/mol. The molecule has 0 aliphatic rings. The van der Waals surface area contributed by atoms with Crippen molar-refractivity contribution in [2.75, 3.05) is 6.61 Å². The lowest BCUT2D eigenvalue weighted by Crippen LogP contribution is -2.39. The van der Waals surface area contributed by atoms with E-state index in [1.165, 1.54) is 0 Å². The topological polar surface area (TPSA) is 82.7 Å². The summed E-state index contributed by atoms with van der Waals surface area (Å²) < 4.78 is 5.63. The quantitative estimate of drug-likeness (QED) is 0.755. The molecule has 0 radical (unpaired) electrons. The highest BCUT2D eigenvalue weighted by Gasteiger charge is 2.22. The molecule has 0 saturated heterocycles. The molecule has 0 spiro atoms. The Labute approximate surface area is 117 Å². The molecule has 2 aromatic rings. The molecule has 0 bridgehead atoms. The van der Waals surface area contributed by atoms with Crippen LogP contribution < -0.4 is 5.32 Å². The first-order valence-electron chi connectivity index (χ1n) is 6.54. The normalized spacial score (nSPS) is 11.9. The van der Waals surface area contributed by atoms with Gasteiger partial charge in [-0.25, -0.2) is 4.79 Å². The predicted molar refractivity (Wildman–Crippen MR) is 75.8 cm³/mol. The van der Waals surface area contributed by atoms with Gasteiger partial charge in [-0.2, -0.15) is 0 Å². The van der Waals surface area contributed by atoms with Crippen LogP contribution in [-0.4, -0.2) is 28.3 Å². The number of aliphatic hydroxyl groups is 1. The maximum absolute atomic E-state index is 11.4. The molecule has 0 unspecified atom stereocenters. The third-order valence-electron chi connectivity index (χ3n) is 3.35. The van der Waals surface area contributed by atoms with Gasteiger partial charge in [0.15, 0.2) is 0 Å². The van der Waals surface area contributed by atoms with E-state index in [1.54, 1.807) is 18.2 Å². The Kier molecular flexibility index (Phi) is 4.11. The number of carboxylic acid groups (broad SMARTS) is 1. The molecule has 5 nitrogen and oxygen atoms in total. The van der Waals surface area contributed by atoms with Crippen molar-refractivity contribution in [3.05, 3.63) is 35.6 Å². The first-order chi connectivity index (χ1) is 9.44. The summed E-state index contributed by atoms with van der Waals surface area (Å²) in [5.74, 6) is -0.587. The minimum Gasteiger partial charge on any atom is -0.478 e. The van der Waals surface area contributed by atoms with Crippen LogP contribution in [0.5, 0.6) is 0 Å². The second-order valence-electron chi connectivity index (χ2n) is 5.41. The summed E-state index contributed by atoms with van der Waals surface area (Å²) >= 11 is 0. The summed E-state index contributed by atoms with van der Waals surface area (Å²) in [6.07, 6.45) is 0.579. The van der Waals surface area contributed by atoms with E-state index in [0.717, 1.165) is 0 Å². The van der Waals surface area contributed by atoms with Gasteiger partial charge in [-0.15, -0.1) is 0 Å². The fourth-order valence-electron chi connectivity index (χ4n) is 2.14. The molecule has 0 saturated carbocycles. The lowest BCUT2D eigenvalue weighted by Gasteiger charge is -2.24. The number of carboxylic acids is 1. The van der Waals surface area contributed by atoms with E-state index >= 15 is 0 Å². The van der Waals surface area contributed by atoms with Crippen molar-refractivity contribution in [3.8, 4) is 0 Å². The van der Waals surface area contributed by atoms with Gasteiger partial charge < -0.3 is 19.9 Å². The molecule has 1 aromatic heterocycles. The number of benzene rings is 1. The van der Waals surface area contributed by atoms with Gasteiger partial charge in [-0.1, -0.05) is 18.2 Å². The third-order valence-corrected chi connectivity index (χ3v) is 3.35. The van der Waals surface area contributed by atoms with Crippen molar-refractivity contribution < 1.29 is 19.4 Å². The first kappa shape index (κ1) is 14.6. The predicted octanol–water partition coefficient (Wildman–Crippen LogP) is 2.38. The van der Waals surface area contributed by atoms with Crippen LogP contribution in [0.2, 0.25) is 0 Å². The van der Waals surface area contributed by atoms with E-state index in [4.69, 9.17) is 9.52 Å². The Morgan fingerprint density at radius 3 is 2.70 bits per heavy atom. The summed E-state index contributed by atoms with van der Waals surface area (Å²) in [6, 6.07) is 7.09. The number of rotatable bonds is 6. The second-order valence-corrected chi connectivity index (χ2v) is 5.41. The molecule has 1 aromatic carbocycles. The zero-order valence-corrected chi connectivity index (χ0v) is 11.6. The van der Waals surface area contributed by atoms with Crippen molar-refractivity contribution in [2.45, 2.75) is 32.4 Å². The monoisotopic (exact) mass is 277 g/mol. The van der Waals surface area contributed by atoms with Gasteiger partial charge in [0.2, 0.25) is 0 Å². The largest absolute Gasteiger partial charge is 0.478 e. The number of furan rings is 1. The summed E-state index contributed by atoms with van der Waals surface area (Å²) in [7, 11) is 0. The van der Waals surface area contributed by atoms with Crippen molar-refractivity contribution in [2.24, 2.45) is 0 Å². The van der Waals surface area contributed by atoms with Crippen LogP contribution >= 0.6 is 0 Å². The molecular weight excluding hydrogens is 258 g/mol. The van der Waals surface area contributed by atoms with Gasteiger partial charge >= 0.3 is 5.97 Å². The maximum Gasteiger partial charge on any atom is 0.339 e. The Morgan fingerprint density at radius 2 is 2.05 bits per heavy atom. The molecule has 0 aliphatic heterocycles. The van der Waals surface area contributed by atoms with Crippen LogP contribution in [-0.2, 0) is 6.54 Å². The number of hydrogen-bond donors (Lipinski definition) is 3. The van der Waals surface area contributed by atoms with Gasteiger partial charge in [-0.3, -0.25) is 0 Å². The smallest absolute Gasteiger partial charge is 0.339 e. The summed E-state index contributed by atoms with van der Waals surface area (Å²) in [6.45, 7) is 4.29. The minimum absolute atomic E-state index is 0.0753. The van der Waals surface area contributed by atoms with Crippen LogP contribution in [0.1, 0.15) is 36.4 Å². The van der Waals surface area contributed by atoms with E-state index in [1.807, 2.05) is 19.9 Å². The minimum atomic E-state index is -0.994. The number of aliphatic hydroxyl groups excluding tert-OH is 1. The highest BCUT2D eigenvalue weighted by molar-refractivity contribution is 6.03. The standard InChI is InChI=1S/C15H19NO4/c1-15(2,7-8-17)16-9-12-13(14(18)19)10-5-3-4-6-11(10)20-12/h3-6,16-17H,7-9H2,1-2H3,(H,18,19). The van der Waals surface area contributed by atoms with Gasteiger partial charge in [-0.05, 0) is 26.3 Å². The van der Waals surface area contributed by atoms with Crippen molar-refractivity contribution in [1.82, 2.24) is 5.32 Å². The molecule has 2 rings (SSSR count). The Morgan fingerprint density at radius 1 is 1.35 bits per heavy atom. The van der Waals surface area contributed by atoms with Crippen molar-refractivity contribution in [1.29, 1.82) is 0 Å². The highest BCUT2D eigenvalue weighted by atomic mass is 16.4. The van der Waals surface area contributed by atoms with Crippen molar-refractivity contribution in [3.63, 3.8) is 0 Å². The van der Waals surface area contributed by atoms with Gasteiger partial charge in [0, 0.05) is 17.5 Å². The van der Waals surface area contributed by atoms with E-state index in [9.17, 15) is 9.90 Å². The number of para-hydroxylation sites is 1. The molecule has 0 aliphatic carbocycles. The average Bonchev–Trinajstić information content (AvgIpc) is 2.74. The second kappa shape index (κ2) is 5.64. The fourth-order valence-corrected chi connectivity index (χ4v) is 2.14. The van der Waals surface area contributed by atoms with Crippen LogP contribution in [0, 0.1) is 0 Å². The van der Waals surface area contributed by atoms with E-state index in [2.05, 4.69) is 5.32 Å². The summed E-state index contributed by atoms with van der Waals surface area (Å²) in [4.78, 5) is 11.4. The van der Waals surface area contributed by atoms with Crippen molar-refractivity contribution >= 4 is 16.9 Å². The first-order valence-corrected chi connectivity index (χ1v) is 6.54. The molecule has 20 heavy (non-hydrogen) atoms. The van der Waals surface area contributed by atoms with Crippen LogP contribution in [0.4, 0.5) is 0 Å². The Bertz CT molecular complexity index is 615. The zero-order chi connectivity index (χ0) is 14.8. The zero-order valence-electron chi connectivity index (χ0n) is 11.6. The summed E-state index contributed by atoms with van der Waals surface area (Å²) in [5, 5.41) is 22.2. The lowest BCUT2D eigenvalue weighted by molar-refractivity contribution is 0.0695. The van der Waals surface area contributed by atoms with Crippen LogP contribution in [0.3, 0.4) is 0 Å². The molecule has 5 heteroatoms. The SMILES string of the molecule is CC(C)(CCO)NCc1oc2ccccc2c1C(=O)O. The number of nitrogens with one attached hydrogen (secondary N) is 1. The Balaban J connectivity index is 2.30. The Hall–Kier alpha value is -1.85. The number of carbonyl (C=O) groups is 1. The molecule has 0 atom stereocenters. The van der Waals surface area contributed by atoms with E-state index < -0.39 is 5.97 Å². The molecular formula is C15H19NO4. The van der Waals surface area contributed by atoms with Gasteiger partial charge in [0.05, 0.1) is 6.54 Å². The molecule has 0 fully saturated rings. The molecule has 1 heterocycles. The highest BCUT2D eigenvalue weighted by Crippen LogP contribution is 2.26. The van der Waals surface area contributed by atoms with Gasteiger partial charge in [0.1, 0.15) is 16.9 Å². The number of hydrogen-bond acceptors (Lipinski definition) is 4. The fraction of sp³-hybridized carbons (Fsp3) is 0.400. The van der Waals surface area contributed by atoms with Crippen LogP contribution in [0.15, 0.2) is 28.7 Å².